The van der Waals surface area contributed by atoms with Gasteiger partial charge in [-0.1, -0.05) is 18.2 Å². The van der Waals surface area contributed by atoms with E-state index in [9.17, 15) is 4.79 Å². The third-order valence-corrected chi connectivity index (χ3v) is 2.06. The molecule has 1 heterocycles. The number of carbonyl (C=O) groups is 1. The Morgan fingerprint density at radius 3 is 2.86 bits per heavy atom. The van der Waals surface area contributed by atoms with Crippen LogP contribution in [0.2, 0.25) is 0 Å². The van der Waals surface area contributed by atoms with E-state index in [1.165, 1.54) is 0 Å². The van der Waals surface area contributed by atoms with Crippen LogP contribution >= 0.6 is 0 Å². The van der Waals surface area contributed by atoms with Crippen molar-refractivity contribution in [2.75, 3.05) is 18.4 Å². The zero-order chi connectivity index (χ0) is 9.80. The lowest BCUT2D eigenvalue weighted by molar-refractivity contribution is 0.145. The van der Waals surface area contributed by atoms with Crippen molar-refractivity contribution in [3.05, 3.63) is 30.3 Å². The second kappa shape index (κ2) is 4.00. The van der Waals surface area contributed by atoms with E-state index in [1.807, 2.05) is 30.3 Å². The lowest BCUT2D eigenvalue weighted by atomic mass is 10.3. The maximum Gasteiger partial charge on any atom is 0.407 e. The molecular weight excluding hydrogens is 180 g/mol. The average molecular weight is 192 g/mol. The van der Waals surface area contributed by atoms with Crippen LogP contribution in [-0.4, -0.2) is 25.3 Å². The number of amides is 1. The van der Waals surface area contributed by atoms with E-state index in [2.05, 4.69) is 10.6 Å². The second-order valence-corrected chi connectivity index (χ2v) is 3.16. The number of alkyl carbamates (subject to hydrolysis) is 1. The van der Waals surface area contributed by atoms with Crippen LogP contribution in [0.5, 0.6) is 0 Å². The number of hydrogen-bond acceptors (Lipinski definition) is 3. The van der Waals surface area contributed by atoms with Gasteiger partial charge < -0.3 is 15.4 Å². The zero-order valence-electron chi connectivity index (χ0n) is 7.69. The van der Waals surface area contributed by atoms with Crippen molar-refractivity contribution < 1.29 is 9.53 Å². The lowest BCUT2D eigenvalue weighted by Crippen LogP contribution is -2.23. The number of carbonyl (C=O) groups excluding carboxylic acids is 1. The predicted octanol–water partition coefficient (Wildman–Crippen LogP) is 1.21. The van der Waals surface area contributed by atoms with Gasteiger partial charge in [0.15, 0.2) is 0 Å². The first-order valence-corrected chi connectivity index (χ1v) is 4.58. The highest BCUT2D eigenvalue weighted by molar-refractivity contribution is 5.69. The van der Waals surface area contributed by atoms with Crippen LogP contribution in [0.4, 0.5) is 10.5 Å². The minimum atomic E-state index is -0.329. The highest BCUT2D eigenvalue weighted by Crippen LogP contribution is 2.06. The minimum absolute atomic E-state index is 0.0669. The number of ether oxygens (including phenoxy) is 1. The summed E-state index contributed by atoms with van der Waals surface area (Å²) < 4.78 is 4.97. The normalized spacial score (nSPS) is 20.0. The van der Waals surface area contributed by atoms with E-state index in [4.69, 9.17) is 4.74 Å². The summed E-state index contributed by atoms with van der Waals surface area (Å²) in [6.45, 7) is 1.22. The van der Waals surface area contributed by atoms with Gasteiger partial charge in [0.25, 0.3) is 0 Å². The van der Waals surface area contributed by atoms with Crippen LogP contribution in [0, 0.1) is 0 Å². The number of rotatable bonds is 3. The average Bonchev–Trinajstić information content (AvgIpc) is 2.63. The largest absolute Gasteiger partial charge is 0.442 e. The number of nitrogens with one attached hydrogen (secondary N) is 2. The smallest absolute Gasteiger partial charge is 0.407 e. The fourth-order valence-electron chi connectivity index (χ4n) is 1.33. The van der Waals surface area contributed by atoms with E-state index >= 15 is 0 Å². The predicted molar refractivity (Wildman–Crippen MR) is 53.2 cm³/mol. The van der Waals surface area contributed by atoms with Crippen molar-refractivity contribution in [1.82, 2.24) is 5.32 Å². The Balaban J connectivity index is 1.80. The summed E-state index contributed by atoms with van der Waals surface area (Å²) in [7, 11) is 0. The second-order valence-electron chi connectivity index (χ2n) is 3.16. The fraction of sp³-hybridized carbons (Fsp3) is 0.300. The Hall–Kier alpha value is -1.71. The van der Waals surface area contributed by atoms with Crippen molar-refractivity contribution in [2.24, 2.45) is 0 Å². The first-order valence-electron chi connectivity index (χ1n) is 4.58. The summed E-state index contributed by atoms with van der Waals surface area (Å²) in [6, 6.07) is 9.83. The molecule has 0 aromatic heterocycles. The Labute approximate surface area is 82.3 Å². The van der Waals surface area contributed by atoms with E-state index in [1.54, 1.807) is 0 Å². The van der Waals surface area contributed by atoms with Gasteiger partial charge in [0.2, 0.25) is 0 Å². The quantitative estimate of drug-likeness (QED) is 0.756. The van der Waals surface area contributed by atoms with Gasteiger partial charge in [-0.3, -0.25) is 0 Å². The van der Waals surface area contributed by atoms with E-state index in [-0.39, 0.29) is 12.2 Å². The molecule has 2 N–H and O–H groups in total. The summed E-state index contributed by atoms with van der Waals surface area (Å²) in [5.41, 5.74) is 1.04. The number of benzene rings is 1. The summed E-state index contributed by atoms with van der Waals surface area (Å²) in [5.74, 6) is 0. The van der Waals surface area contributed by atoms with Crippen LogP contribution in [0.15, 0.2) is 30.3 Å². The molecule has 0 radical (unpaired) electrons. The van der Waals surface area contributed by atoms with Crippen molar-refractivity contribution in [3.8, 4) is 0 Å². The molecule has 1 aliphatic heterocycles. The number of cyclic esters (lactones) is 1. The molecule has 14 heavy (non-hydrogen) atoms. The molecule has 1 aliphatic rings. The molecule has 4 heteroatoms. The molecule has 0 spiro atoms. The maximum absolute atomic E-state index is 10.7. The van der Waals surface area contributed by atoms with Gasteiger partial charge in [-0.05, 0) is 12.1 Å². The molecule has 0 unspecified atom stereocenters. The molecule has 1 saturated heterocycles. The molecule has 1 aromatic rings. The monoisotopic (exact) mass is 192 g/mol. The fourth-order valence-corrected chi connectivity index (χ4v) is 1.33. The van der Waals surface area contributed by atoms with Crippen LogP contribution in [-0.2, 0) is 4.74 Å². The van der Waals surface area contributed by atoms with Crippen molar-refractivity contribution >= 4 is 11.8 Å². The minimum Gasteiger partial charge on any atom is -0.442 e. The molecule has 0 bridgehead atoms. The first kappa shape index (κ1) is 8.87. The SMILES string of the molecule is O=C1NC[C@H](CNc2ccccc2)O1. The van der Waals surface area contributed by atoms with Gasteiger partial charge in [-0.25, -0.2) is 4.79 Å². The molecule has 2 rings (SSSR count). The van der Waals surface area contributed by atoms with E-state index in [0.717, 1.165) is 5.69 Å². The van der Waals surface area contributed by atoms with Gasteiger partial charge in [-0.2, -0.15) is 0 Å². The Bertz CT molecular complexity index is 313. The van der Waals surface area contributed by atoms with Gasteiger partial charge in [-0.15, -0.1) is 0 Å². The van der Waals surface area contributed by atoms with Gasteiger partial charge in [0.05, 0.1) is 13.1 Å². The molecular formula is C10H12N2O2. The van der Waals surface area contributed by atoms with Crippen LogP contribution in [0.3, 0.4) is 0 Å². The molecule has 0 aliphatic carbocycles. The number of anilines is 1. The molecule has 1 fully saturated rings. The molecule has 1 amide bonds. The van der Waals surface area contributed by atoms with Crippen molar-refractivity contribution in [1.29, 1.82) is 0 Å². The molecule has 1 atom stereocenters. The van der Waals surface area contributed by atoms with Gasteiger partial charge >= 0.3 is 6.09 Å². The van der Waals surface area contributed by atoms with Crippen LogP contribution in [0.1, 0.15) is 0 Å². The molecule has 74 valence electrons. The standard InChI is InChI=1S/C10H12N2O2/c13-10-12-7-9(14-10)6-11-8-4-2-1-3-5-8/h1-5,9,11H,6-7H2,(H,12,13)/t9-/m0/s1. The zero-order valence-corrected chi connectivity index (χ0v) is 7.69. The number of hydrogen-bond donors (Lipinski definition) is 2. The van der Waals surface area contributed by atoms with E-state index < -0.39 is 0 Å². The van der Waals surface area contributed by atoms with Crippen molar-refractivity contribution in [3.63, 3.8) is 0 Å². The Morgan fingerprint density at radius 1 is 1.43 bits per heavy atom. The molecule has 1 aromatic carbocycles. The number of para-hydroxylation sites is 1. The highest BCUT2D eigenvalue weighted by atomic mass is 16.6. The Morgan fingerprint density at radius 2 is 2.21 bits per heavy atom. The maximum atomic E-state index is 10.7. The van der Waals surface area contributed by atoms with Gasteiger partial charge in [0, 0.05) is 5.69 Å². The lowest BCUT2D eigenvalue weighted by Gasteiger charge is -2.09. The van der Waals surface area contributed by atoms with E-state index in [0.29, 0.717) is 13.1 Å². The summed E-state index contributed by atoms with van der Waals surface area (Å²) in [5, 5.41) is 5.79. The van der Waals surface area contributed by atoms with Crippen LogP contribution < -0.4 is 10.6 Å². The Kier molecular flexibility index (Phi) is 2.53. The molecule has 0 saturated carbocycles. The summed E-state index contributed by atoms with van der Waals surface area (Å²) in [4.78, 5) is 10.7. The first-order chi connectivity index (χ1) is 6.84. The third-order valence-electron chi connectivity index (χ3n) is 2.06. The topological polar surface area (TPSA) is 50.4 Å². The van der Waals surface area contributed by atoms with Gasteiger partial charge in [0.1, 0.15) is 6.10 Å². The highest BCUT2D eigenvalue weighted by Gasteiger charge is 2.21. The summed E-state index contributed by atoms with van der Waals surface area (Å²) in [6.07, 6.45) is -0.396. The molecule has 4 nitrogen and oxygen atoms in total. The van der Waals surface area contributed by atoms with Crippen LogP contribution in [0.25, 0.3) is 0 Å². The summed E-state index contributed by atoms with van der Waals surface area (Å²) >= 11 is 0. The van der Waals surface area contributed by atoms with Crippen molar-refractivity contribution in [2.45, 2.75) is 6.10 Å². The third kappa shape index (κ3) is 2.16.